The zero-order chi connectivity index (χ0) is 28.7. The number of rotatable bonds is 9. The Balaban J connectivity index is 1.28. The van der Waals surface area contributed by atoms with Gasteiger partial charge in [0.15, 0.2) is 0 Å². The number of nitrogens with zero attached hydrogens (tertiary/aromatic N) is 1. The minimum absolute atomic E-state index is 0.142. The molecule has 0 unspecified atom stereocenters. The SMILES string of the molecule is C=C1C(=CC=C2CCC[C@]3(C)[C@@H]([C@H](C)CC[C@H](OC(=O)CC)C4(c5nc(C)co5)CC4)CC[C@@H]23)C[C@@H](O)C[C@@H]1O. The summed E-state index contributed by atoms with van der Waals surface area (Å²) < 4.78 is 11.9. The quantitative estimate of drug-likeness (QED) is 0.325. The molecule has 5 rings (SSSR count). The molecule has 220 valence electrons. The molecule has 0 bridgehead atoms. The summed E-state index contributed by atoms with van der Waals surface area (Å²) in [6.07, 6.45) is 15.9. The summed E-state index contributed by atoms with van der Waals surface area (Å²) in [5.41, 5.74) is 4.12. The third kappa shape index (κ3) is 5.63. The number of aromatic nitrogens is 1. The van der Waals surface area contributed by atoms with Gasteiger partial charge in [-0.25, -0.2) is 4.98 Å². The Hall–Kier alpha value is -2.18. The molecule has 0 saturated heterocycles. The van der Waals surface area contributed by atoms with Crippen molar-refractivity contribution in [3.05, 3.63) is 53.3 Å². The van der Waals surface area contributed by atoms with Crippen LogP contribution in [0.2, 0.25) is 0 Å². The van der Waals surface area contributed by atoms with Gasteiger partial charge in [0, 0.05) is 12.8 Å². The lowest BCUT2D eigenvalue weighted by molar-refractivity contribution is -0.151. The molecule has 0 radical (unpaired) electrons. The summed E-state index contributed by atoms with van der Waals surface area (Å²) in [4.78, 5) is 17.1. The van der Waals surface area contributed by atoms with E-state index < -0.39 is 12.2 Å². The second-order valence-corrected chi connectivity index (χ2v) is 13.5. The molecule has 6 nitrogen and oxygen atoms in total. The second kappa shape index (κ2) is 11.6. The number of carbonyl (C=O) groups excluding carboxylic acids is 1. The van der Waals surface area contributed by atoms with Crippen LogP contribution in [0.15, 0.2) is 46.1 Å². The van der Waals surface area contributed by atoms with Crippen molar-refractivity contribution in [1.29, 1.82) is 0 Å². The van der Waals surface area contributed by atoms with Gasteiger partial charge >= 0.3 is 5.97 Å². The van der Waals surface area contributed by atoms with E-state index in [-0.39, 0.29) is 22.9 Å². The van der Waals surface area contributed by atoms with Crippen molar-refractivity contribution in [3.63, 3.8) is 0 Å². The standard InChI is InChI=1S/C34H49NO5/c1-6-31(38)40-30(34(16-17-34)32-35-22(3)20-39-32)14-9-21(2)27-12-13-28-24(8-7-15-33(27,28)5)10-11-25-18-26(36)19-29(37)23(25)4/h10-11,20-21,26-30,36-37H,4,6-9,12-19H2,1-3,5H3/t21-,26-,27-,28+,29+,30+,33-/m1/s1. The molecule has 1 heterocycles. The number of aliphatic hydroxyl groups is 2. The Morgan fingerprint density at radius 1 is 1.25 bits per heavy atom. The summed E-state index contributed by atoms with van der Waals surface area (Å²) in [5.74, 6) is 2.31. The minimum atomic E-state index is -0.649. The van der Waals surface area contributed by atoms with Gasteiger partial charge < -0.3 is 19.4 Å². The topological polar surface area (TPSA) is 92.8 Å². The predicted octanol–water partition coefficient (Wildman–Crippen LogP) is 6.89. The highest BCUT2D eigenvalue weighted by atomic mass is 16.5. The Morgan fingerprint density at radius 2 is 2.02 bits per heavy atom. The van der Waals surface area contributed by atoms with Crippen LogP contribution >= 0.6 is 0 Å². The molecule has 4 aliphatic rings. The highest BCUT2D eigenvalue weighted by Gasteiger charge is 2.57. The van der Waals surface area contributed by atoms with Gasteiger partial charge in [0.05, 0.1) is 23.3 Å². The smallest absolute Gasteiger partial charge is 0.305 e. The Labute approximate surface area is 240 Å². The lowest BCUT2D eigenvalue weighted by Crippen LogP contribution is -2.37. The monoisotopic (exact) mass is 551 g/mol. The molecule has 6 heteroatoms. The zero-order valence-electron chi connectivity index (χ0n) is 25.0. The van der Waals surface area contributed by atoms with Crippen molar-refractivity contribution < 1.29 is 24.2 Å². The highest BCUT2D eigenvalue weighted by Crippen LogP contribution is 2.60. The van der Waals surface area contributed by atoms with E-state index in [1.54, 1.807) is 6.26 Å². The molecule has 0 aliphatic heterocycles. The first-order valence-corrected chi connectivity index (χ1v) is 15.6. The summed E-state index contributed by atoms with van der Waals surface area (Å²) in [6, 6.07) is 0. The number of hydrogen-bond donors (Lipinski definition) is 2. The molecule has 0 amide bonds. The van der Waals surface area contributed by atoms with E-state index in [0.29, 0.717) is 37.0 Å². The maximum Gasteiger partial charge on any atom is 0.305 e. The van der Waals surface area contributed by atoms with Crippen LogP contribution in [-0.2, 0) is 14.9 Å². The van der Waals surface area contributed by atoms with Crippen LogP contribution in [0.3, 0.4) is 0 Å². The Bertz CT molecular complexity index is 1160. The summed E-state index contributed by atoms with van der Waals surface area (Å²) in [7, 11) is 0. The third-order valence-corrected chi connectivity index (χ3v) is 10.9. The lowest BCUT2D eigenvalue weighted by atomic mass is 9.60. The molecule has 1 aromatic heterocycles. The van der Waals surface area contributed by atoms with Crippen molar-refractivity contribution in [2.75, 3.05) is 0 Å². The van der Waals surface area contributed by atoms with Crippen molar-refractivity contribution in [2.24, 2.45) is 23.2 Å². The summed E-state index contributed by atoms with van der Waals surface area (Å²) >= 11 is 0. The largest absolute Gasteiger partial charge is 0.461 e. The number of aryl methyl sites for hydroxylation is 1. The van der Waals surface area contributed by atoms with E-state index >= 15 is 0 Å². The van der Waals surface area contributed by atoms with E-state index in [2.05, 4.69) is 37.6 Å². The summed E-state index contributed by atoms with van der Waals surface area (Å²) in [6.45, 7) is 12.8. The van der Waals surface area contributed by atoms with Gasteiger partial charge in [-0.2, -0.15) is 0 Å². The van der Waals surface area contributed by atoms with Crippen LogP contribution in [0.5, 0.6) is 0 Å². The van der Waals surface area contributed by atoms with Gasteiger partial charge in [0.1, 0.15) is 12.4 Å². The molecule has 4 aliphatic carbocycles. The van der Waals surface area contributed by atoms with Crippen LogP contribution in [0.25, 0.3) is 0 Å². The number of ether oxygens (including phenoxy) is 1. The molecule has 1 aromatic rings. The molecule has 0 spiro atoms. The lowest BCUT2D eigenvalue weighted by Gasteiger charge is -2.44. The first-order valence-electron chi connectivity index (χ1n) is 15.6. The zero-order valence-corrected chi connectivity index (χ0v) is 25.0. The molecule has 4 fully saturated rings. The first kappa shape index (κ1) is 29.3. The average molecular weight is 552 g/mol. The van der Waals surface area contributed by atoms with Gasteiger partial charge in [-0.1, -0.05) is 45.1 Å². The van der Waals surface area contributed by atoms with Crippen LogP contribution in [0.1, 0.15) is 109 Å². The third-order valence-electron chi connectivity index (χ3n) is 10.9. The van der Waals surface area contributed by atoms with E-state index in [9.17, 15) is 15.0 Å². The van der Waals surface area contributed by atoms with Gasteiger partial charge in [-0.05, 0) is 105 Å². The van der Waals surface area contributed by atoms with Crippen molar-refractivity contribution in [1.82, 2.24) is 4.98 Å². The van der Waals surface area contributed by atoms with Gasteiger partial charge in [0.2, 0.25) is 5.89 Å². The molecule has 2 N–H and O–H groups in total. The van der Waals surface area contributed by atoms with E-state index in [0.717, 1.165) is 54.8 Å². The van der Waals surface area contributed by atoms with Gasteiger partial charge in [0.25, 0.3) is 0 Å². The predicted molar refractivity (Wildman–Crippen MR) is 155 cm³/mol. The molecule has 40 heavy (non-hydrogen) atoms. The van der Waals surface area contributed by atoms with Crippen molar-refractivity contribution in [3.8, 4) is 0 Å². The van der Waals surface area contributed by atoms with E-state index in [1.807, 2.05) is 13.8 Å². The number of esters is 1. The normalized spacial score (nSPS) is 35.0. The number of allylic oxidation sites excluding steroid dienone is 3. The van der Waals surface area contributed by atoms with Gasteiger partial charge in [-0.15, -0.1) is 0 Å². The fourth-order valence-electron chi connectivity index (χ4n) is 8.38. The van der Waals surface area contributed by atoms with Crippen LogP contribution in [0, 0.1) is 30.1 Å². The minimum Gasteiger partial charge on any atom is -0.461 e. The first-order chi connectivity index (χ1) is 19.1. The molecular formula is C34H49NO5. The van der Waals surface area contributed by atoms with E-state index in [1.165, 1.54) is 31.3 Å². The highest BCUT2D eigenvalue weighted by molar-refractivity contribution is 5.69. The Morgan fingerprint density at radius 3 is 2.70 bits per heavy atom. The molecule has 4 saturated carbocycles. The van der Waals surface area contributed by atoms with Crippen LogP contribution in [-0.4, -0.2) is 39.5 Å². The average Bonchev–Trinajstić information content (AvgIpc) is 3.48. The fourth-order valence-corrected chi connectivity index (χ4v) is 8.38. The second-order valence-electron chi connectivity index (χ2n) is 13.5. The molecule has 7 atom stereocenters. The van der Waals surface area contributed by atoms with Crippen molar-refractivity contribution >= 4 is 5.97 Å². The van der Waals surface area contributed by atoms with E-state index in [4.69, 9.17) is 9.15 Å². The number of hydrogen-bond acceptors (Lipinski definition) is 6. The number of carbonyl (C=O) groups is 1. The number of fused-ring (bicyclic) bond motifs is 1. The maximum atomic E-state index is 12.4. The number of aliphatic hydroxyl groups excluding tert-OH is 2. The van der Waals surface area contributed by atoms with Crippen LogP contribution < -0.4 is 0 Å². The molecular weight excluding hydrogens is 502 g/mol. The summed E-state index contributed by atoms with van der Waals surface area (Å²) in [5, 5.41) is 20.4. The van der Waals surface area contributed by atoms with Gasteiger partial charge in [-0.3, -0.25) is 4.79 Å². The van der Waals surface area contributed by atoms with Crippen molar-refractivity contribution in [2.45, 2.75) is 128 Å². The fraction of sp³-hybridized carbons (Fsp3) is 0.706. The van der Waals surface area contributed by atoms with Crippen LogP contribution in [0.4, 0.5) is 0 Å². The Kier molecular flexibility index (Phi) is 8.50. The number of oxazole rings is 1. The maximum absolute atomic E-state index is 12.4. The molecule has 0 aromatic carbocycles.